The zero-order chi connectivity index (χ0) is 14.1. The van der Waals surface area contributed by atoms with Crippen LogP contribution in [0.25, 0.3) is 0 Å². The van der Waals surface area contributed by atoms with Gasteiger partial charge in [-0.25, -0.2) is 4.68 Å². The van der Waals surface area contributed by atoms with Gasteiger partial charge in [-0.3, -0.25) is 0 Å². The van der Waals surface area contributed by atoms with Crippen molar-refractivity contribution in [3.63, 3.8) is 0 Å². The fraction of sp³-hybridized carbons (Fsp3) is 0.533. The van der Waals surface area contributed by atoms with E-state index in [-0.39, 0.29) is 0 Å². The Bertz CT molecular complexity index is 586. The van der Waals surface area contributed by atoms with Crippen LogP contribution < -0.4 is 10.6 Å². The summed E-state index contributed by atoms with van der Waals surface area (Å²) in [6, 6.07) is 4.76. The molecular formula is C15H22N4S. The molecule has 2 aromatic heterocycles. The average molecular weight is 290 g/mol. The molecule has 0 amide bonds. The van der Waals surface area contributed by atoms with Gasteiger partial charge in [0.05, 0.1) is 6.20 Å². The normalized spacial score (nSPS) is 19.4. The number of anilines is 1. The largest absolute Gasteiger partial charge is 0.370 e. The van der Waals surface area contributed by atoms with E-state index in [1.54, 1.807) is 0 Å². The van der Waals surface area contributed by atoms with Crippen LogP contribution in [-0.2, 0) is 6.54 Å². The first kappa shape index (κ1) is 13.6. The second kappa shape index (κ2) is 5.58. The van der Waals surface area contributed by atoms with Gasteiger partial charge in [0.25, 0.3) is 0 Å². The minimum Gasteiger partial charge on any atom is -0.370 e. The number of nitrogens with zero attached hydrogens (tertiary/aromatic N) is 2. The van der Waals surface area contributed by atoms with Gasteiger partial charge in [0.2, 0.25) is 0 Å². The molecule has 0 aromatic carbocycles. The van der Waals surface area contributed by atoms with Crippen molar-refractivity contribution in [1.29, 1.82) is 0 Å². The topological polar surface area (TPSA) is 41.9 Å². The van der Waals surface area contributed by atoms with Crippen LogP contribution in [0.3, 0.4) is 0 Å². The molecule has 3 heterocycles. The Morgan fingerprint density at radius 2 is 2.40 bits per heavy atom. The smallest absolute Gasteiger partial charge is 0.124 e. The molecule has 2 atom stereocenters. The lowest BCUT2D eigenvalue weighted by molar-refractivity contribution is 0.376. The van der Waals surface area contributed by atoms with Crippen molar-refractivity contribution < 1.29 is 0 Å². The van der Waals surface area contributed by atoms with Crippen molar-refractivity contribution in [1.82, 2.24) is 15.1 Å². The highest BCUT2D eigenvalue weighted by Crippen LogP contribution is 2.26. The van der Waals surface area contributed by atoms with Gasteiger partial charge in [0.1, 0.15) is 5.82 Å². The summed E-state index contributed by atoms with van der Waals surface area (Å²) in [4.78, 5) is 2.82. The van der Waals surface area contributed by atoms with Gasteiger partial charge in [-0.1, -0.05) is 0 Å². The summed E-state index contributed by atoms with van der Waals surface area (Å²) in [6.07, 6.45) is 1.86. The summed E-state index contributed by atoms with van der Waals surface area (Å²) in [5.41, 5.74) is 1.44. The summed E-state index contributed by atoms with van der Waals surface area (Å²) < 4.78 is 2.06. The van der Waals surface area contributed by atoms with Crippen molar-refractivity contribution in [2.75, 3.05) is 18.4 Å². The van der Waals surface area contributed by atoms with Crippen LogP contribution in [0.15, 0.2) is 18.3 Å². The highest BCUT2D eigenvalue weighted by atomic mass is 32.1. The molecule has 0 unspecified atom stereocenters. The number of aryl methyl sites for hydroxylation is 2. The lowest BCUT2D eigenvalue weighted by Crippen LogP contribution is -2.36. The molecule has 4 nitrogen and oxygen atoms in total. The first-order valence-corrected chi connectivity index (χ1v) is 8.01. The summed E-state index contributed by atoms with van der Waals surface area (Å²) in [5, 5.41) is 11.4. The van der Waals surface area contributed by atoms with Crippen molar-refractivity contribution in [2.24, 2.45) is 5.92 Å². The van der Waals surface area contributed by atoms with Crippen LogP contribution in [0.1, 0.15) is 28.3 Å². The van der Waals surface area contributed by atoms with Gasteiger partial charge < -0.3 is 10.6 Å². The first-order valence-electron chi connectivity index (χ1n) is 7.19. The molecule has 0 saturated carbocycles. The molecule has 2 aromatic rings. The molecule has 5 heteroatoms. The predicted molar refractivity (Wildman–Crippen MR) is 84.4 cm³/mol. The summed E-state index contributed by atoms with van der Waals surface area (Å²) in [5.74, 6) is 1.73. The molecule has 1 aliphatic rings. The summed E-state index contributed by atoms with van der Waals surface area (Å²) in [7, 11) is 0. The van der Waals surface area contributed by atoms with E-state index < -0.39 is 0 Å². The molecule has 1 aliphatic heterocycles. The highest BCUT2D eigenvalue weighted by molar-refractivity contribution is 7.12. The lowest BCUT2D eigenvalue weighted by atomic mass is 10.1. The van der Waals surface area contributed by atoms with Crippen LogP contribution >= 0.6 is 11.3 Å². The molecule has 2 N–H and O–H groups in total. The van der Waals surface area contributed by atoms with Crippen molar-refractivity contribution in [2.45, 2.75) is 33.4 Å². The standard InChI is InChI=1S/C15H22N4S/c1-10-6-14(12(3)20-10)11(2)16-7-13-8-17-15-4-5-18-19(15)9-13/h4-6,11,13,16-17H,7-9H2,1-3H3/t11-,13-/m0/s1. The fourth-order valence-corrected chi connectivity index (χ4v) is 3.88. The lowest BCUT2D eigenvalue weighted by Gasteiger charge is -2.26. The molecule has 0 fully saturated rings. The number of hydrogen-bond donors (Lipinski definition) is 2. The average Bonchev–Trinajstić information content (AvgIpc) is 3.01. The maximum Gasteiger partial charge on any atom is 0.124 e. The van der Waals surface area contributed by atoms with Crippen LogP contribution in [0, 0.1) is 19.8 Å². The van der Waals surface area contributed by atoms with Crippen molar-refractivity contribution in [3.05, 3.63) is 33.6 Å². The molecule has 0 aliphatic carbocycles. The van der Waals surface area contributed by atoms with E-state index in [0.29, 0.717) is 12.0 Å². The van der Waals surface area contributed by atoms with Gasteiger partial charge in [-0.2, -0.15) is 5.10 Å². The summed E-state index contributed by atoms with van der Waals surface area (Å²) in [6.45, 7) is 9.68. The number of aromatic nitrogens is 2. The Balaban J connectivity index is 1.56. The number of fused-ring (bicyclic) bond motifs is 1. The number of hydrogen-bond acceptors (Lipinski definition) is 4. The number of nitrogens with one attached hydrogen (secondary N) is 2. The Hall–Kier alpha value is -1.33. The molecule has 0 bridgehead atoms. The number of thiophene rings is 1. The van der Waals surface area contributed by atoms with Crippen LogP contribution in [-0.4, -0.2) is 22.9 Å². The quantitative estimate of drug-likeness (QED) is 0.909. The Morgan fingerprint density at radius 1 is 1.55 bits per heavy atom. The zero-order valence-corrected chi connectivity index (χ0v) is 13.1. The molecule has 3 rings (SSSR count). The predicted octanol–water partition coefficient (Wildman–Crippen LogP) is 2.95. The van der Waals surface area contributed by atoms with Gasteiger partial charge in [0, 0.05) is 47.4 Å². The Morgan fingerprint density at radius 3 is 3.15 bits per heavy atom. The van der Waals surface area contributed by atoms with Gasteiger partial charge in [-0.05, 0) is 32.4 Å². The zero-order valence-electron chi connectivity index (χ0n) is 12.3. The second-order valence-electron chi connectivity index (χ2n) is 5.64. The van der Waals surface area contributed by atoms with E-state index in [1.807, 2.05) is 23.6 Å². The van der Waals surface area contributed by atoms with Crippen LogP contribution in [0.2, 0.25) is 0 Å². The van der Waals surface area contributed by atoms with Gasteiger partial charge >= 0.3 is 0 Å². The summed E-state index contributed by atoms with van der Waals surface area (Å²) >= 11 is 1.88. The minimum atomic E-state index is 0.416. The van der Waals surface area contributed by atoms with E-state index in [9.17, 15) is 0 Å². The third-order valence-electron chi connectivity index (χ3n) is 3.98. The maximum absolute atomic E-state index is 4.34. The molecular weight excluding hydrogens is 268 g/mol. The van der Waals surface area contributed by atoms with E-state index in [4.69, 9.17) is 0 Å². The van der Waals surface area contributed by atoms with Gasteiger partial charge in [0.15, 0.2) is 0 Å². The highest BCUT2D eigenvalue weighted by Gasteiger charge is 2.19. The number of rotatable bonds is 4. The van der Waals surface area contributed by atoms with Crippen LogP contribution in [0.5, 0.6) is 0 Å². The SMILES string of the molecule is Cc1cc([C@H](C)NC[C@H]2CNc3ccnn3C2)c(C)s1. The maximum atomic E-state index is 4.34. The molecule has 108 valence electrons. The van der Waals surface area contributed by atoms with Crippen LogP contribution in [0.4, 0.5) is 5.82 Å². The monoisotopic (exact) mass is 290 g/mol. The molecule has 0 radical (unpaired) electrons. The van der Waals surface area contributed by atoms with Gasteiger partial charge in [-0.15, -0.1) is 11.3 Å². The van der Waals surface area contributed by atoms with Crippen molar-refractivity contribution >= 4 is 17.2 Å². The third-order valence-corrected chi connectivity index (χ3v) is 4.96. The fourth-order valence-electron chi connectivity index (χ4n) is 2.86. The van der Waals surface area contributed by atoms with E-state index in [0.717, 1.165) is 25.5 Å². The first-order chi connectivity index (χ1) is 9.63. The molecule has 0 spiro atoms. The molecule has 0 saturated heterocycles. The Labute approximate surface area is 124 Å². The Kier molecular flexibility index (Phi) is 3.81. The van der Waals surface area contributed by atoms with E-state index >= 15 is 0 Å². The third kappa shape index (κ3) is 2.74. The second-order valence-corrected chi connectivity index (χ2v) is 7.10. The minimum absolute atomic E-state index is 0.416. The van der Waals surface area contributed by atoms with Crippen molar-refractivity contribution in [3.8, 4) is 0 Å². The molecule has 20 heavy (non-hydrogen) atoms. The van der Waals surface area contributed by atoms with E-state index in [2.05, 4.69) is 47.3 Å². The van der Waals surface area contributed by atoms with E-state index in [1.165, 1.54) is 15.3 Å².